The largest absolute Gasteiger partial charge is 3.00 e. The molecule has 0 bridgehead atoms. The first-order valence-electron chi connectivity index (χ1n) is 6.00. The van der Waals surface area contributed by atoms with Gasteiger partial charge in [-0.3, -0.25) is 4.98 Å². The van der Waals surface area contributed by atoms with Crippen molar-refractivity contribution in [3.8, 4) is 22.4 Å². The summed E-state index contributed by atoms with van der Waals surface area (Å²) in [7, 11) is 0. The molecular formula is C17H13NRu+3. The Balaban J connectivity index is 0.00000133. The molecule has 0 aliphatic rings. The summed E-state index contributed by atoms with van der Waals surface area (Å²) in [6, 6.07) is 24.8. The van der Waals surface area contributed by atoms with Crippen molar-refractivity contribution in [1.82, 2.24) is 4.98 Å². The zero-order valence-corrected chi connectivity index (χ0v) is 12.0. The summed E-state index contributed by atoms with van der Waals surface area (Å²) >= 11 is 0. The third-order valence-corrected chi connectivity index (χ3v) is 2.93. The molecule has 3 aromatic rings. The number of pyridine rings is 1. The predicted octanol–water partition coefficient (Wildman–Crippen LogP) is 4.41. The van der Waals surface area contributed by atoms with Crippen LogP contribution < -0.4 is 0 Å². The van der Waals surface area contributed by atoms with E-state index in [1.807, 2.05) is 30.5 Å². The van der Waals surface area contributed by atoms with Crippen molar-refractivity contribution in [1.29, 1.82) is 0 Å². The van der Waals surface area contributed by atoms with E-state index in [0.29, 0.717) is 0 Å². The quantitative estimate of drug-likeness (QED) is 0.633. The van der Waals surface area contributed by atoms with E-state index in [1.54, 1.807) is 0 Å². The van der Waals surface area contributed by atoms with E-state index in [1.165, 1.54) is 11.1 Å². The molecule has 1 aromatic heterocycles. The molecule has 0 unspecified atom stereocenters. The summed E-state index contributed by atoms with van der Waals surface area (Å²) < 4.78 is 0. The zero-order chi connectivity index (χ0) is 12.2. The van der Waals surface area contributed by atoms with Crippen LogP contribution in [0.4, 0.5) is 0 Å². The summed E-state index contributed by atoms with van der Waals surface area (Å²) in [5, 5.41) is 0. The Kier molecular flexibility index (Phi) is 4.60. The third-order valence-electron chi connectivity index (χ3n) is 2.93. The van der Waals surface area contributed by atoms with Gasteiger partial charge in [0, 0.05) is 11.8 Å². The smallest absolute Gasteiger partial charge is 0.256 e. The van der Waals surface area contributed by atoms with Gasteiger partial charge in [0.15, 0.2) is 0 Å². The summed E-state index contributed by atoms with van der Waals surface area (Å²) in [4.78, 5) is 4.38. The van der Waals surface area contributed by atoms with Crippen molar-refractivity contribution >= 4 is 0 Å². The van der Waals surface area contributed by atoms with Crippen LogP contribution in [0.15, 0.2) is 79.0 Å². The van der Waals surface area contributed by atoms with Crippen LogP contribution in [0.25, 0.3) is 22.4 Å². The molecule has 0 saturated carbocycles. The molecule has 0 fully saturated rings. The van der Waals surface area contributed by atoms with Crippen LogP contribution in [0.1, 0.15) is 0 Å². The van der Waals surface area contributed by atoms with Gasteiger partial charge in [0.1, 0.15) is 0 Å². The molecular weight excluding hydrogens is 319 g/mol. The minimum atomic E-state index is 0. The Morgan fingerprint density at radius 1 is 0.579 bits per heavy atom. The van der Waals surface area contributed by atoms with E-state index in [0.717, 1.165) is 11.3 Å². The first kappa shape index (κ1) is 13.6. The van der Waals surface area contributed by atoms with Crippen LogP contribution in [0.3, 0.4) is 0 Å². The monoisotopic (exact) mass is 333 g/mol. The Labute approximate surface area is 126 Å². The zero-order valence-electron chi connectivity index (χ0n) is 10.3. The van der Waals surface area contributed by atoms with Crippen LogP contribution in [0.2, 0.25) is 0 Å². The Bertz CT molecular complexity index is 581. The third kappa shape index (κ3) is 3.16. The van der Waals surface area contributed by atoms with Crippen molar-refractivity contribution in [3.63, 3.8) is 0 Å². The molecule has 1 nitrogen and oxygen atoms in total. The second kappa shape index (κ2) is 6.40. The molecule has 0 aliphatic heterocycles. The molecule has 0 spiro atoms. The van der Waals surface area contributed by atoms with Crippen LogP contribution >= 0.6 is 0 Å². The first-order valence-corrected chi connectivity index (χ1v) is 6.00. The number of benzene rings is 2. The number of aromatic nitrogens is 1. The molecule has 1 radical (unpaired) electrons. The average Bonchev–Trinajstić information content (AvgIpc) is 2.49. The van der Waals surface area contributed by atoms with Gasteiger partial charge in [-0.05, 0) is 29.3 Å². The fraction of sp³-hybridized carbons (Fsp3) is 0. The fourth-order valence-corrected chi connectivity index (χ4v) is 2.02. The van der Waals surface area contributed by atoms with Gasteiger partial charge < -0.3 is 0 Å². The summed E-state index contributed by atoms with van der Waals surface area (Å²) in [6.07, 6.45) is 1.82. The minimum Gasteiger partial charge on any atom is -0.256 e. The van der Waals surface area contributed by atoms with E-state index in [2.05, 4.69) is 53.5 Å². The van der Waals surface area contributed by atoms with Crippen molar-refractivity contribution in [3.05, 3.63) is 79.0 Å². The molecule has 19 heavy (non-hydrogen) atoms. The summed E-state index contributed by atoms with van der Waals surface area (Å²) in [6.45, 7) is 0. The molecule has 0 N–H and O–H groups in total. The normalized spacial score (nSPS) is 9.68. The molecule has 1 heterocycles. The first-order chi connectivity index (χ1) is 8.93. The average molecular weight is 332 g/mol. The van der Waals surface area contributed by atoms with Gasteiger partial charge in [0.2, 0.25) is 0 Å². The fourth-order valence-electron chi connectivity index (χ4n) is 2.02. The van der Waals surface area contributed by atoms with E-state index in [-0.39, 0.29) is 19.5 Å². The molecule has 0 aliphatic carbocycles. The number of rotatable bonds is 2. The second-order valence-corrected chi connectivity index (χ2v) is 4.16. The van der Waals surface area contributed by atoms with Crippen molar-refractivity contribution in [2.75, 3.05) is 0 Å². The van der Waals surface area contributed by atoms with Crippen molar-refractivity contribution in [2.45, 2.75) is 0 Å². The van der Waals surface area contributed by atoms with Gasteiger partial charge in [0.05, 0.1) is 5.69 Å². The molecule has 0 atom stereocenters. The maximum absolute atomic E-state index is 4.38. The van der Waals surface area contributed by atoms with Gasteiger partial charge in [-0.1, -0.05) is 54.6 Å². The van der Waals surface area contributed by atoms with E-state index in [9.17, 15) is 0 Å². The molecule has 91 valence electrons. The van der Waals surface area contributed by atoms with E-state index < -0.39 is 0 Å². The standard InChI is InChI=1S/C17H13N.Ru/c1-2-7-14(8-3-1)15-9-6-10-16(13-15)17-11-4-5-12-18-17;/h1-13H;/q;+3. The number of nitrogens with zero attached hydrogens (tertiary/aromatic N) is 1. The molecule has 2 aromatic carbocycles. The minimum absolute atomic E-state index is 0. The SMILES string of the molecule is [Ru+3].c1ccc(-c2cccc(-c3ccccn3)c2)cc1. The van der Waals surface area contributed by atoms with Gasteiger partial charge in [-0.15, -0.1) is 0 Å². The number of hydrogen-bond acceptors (Lipinski definition) is 1. The van der Waals surface area contributed by atoms with Gasteiger partial charge in [-0.2, -0.15) is 0 Å². The van der Waals surface area contributed by atoms with Crippen LogP contribution in [-0.4, -0.2) is 4.98 Å². The molecule has 0 amide bonds. The van der Waals surface area contributed by atoms with E-state index >= 15 is 0 Å². The Hall–Kier alpha value is -1.79. The van der Waals surface area contributed by atoms with Gasteiger partial charge >= 0.3 is 19.5 Å². The summed E-state index contributed by atoms with van der Waals surface area (Å²) in [5.41, 5.74) is 4.61. The van der Waals surface area contributed by atoms with Crippen LogP contribution in [0, 0.1) is 0 Å². The topological polar surface area (TPSA) is 12.9 Å². The molecule has 0 saturated heterocycles. The van der Waals surface area contributed by atoms with E-state index in [4.69, 9.17) is 0 Å². The molecule has 3 rings (SSSR count). The van der Waals surface area contributed by atoms with Crippen LogP contribution in [0.5, 0.6) is 0 Å². The molecule has 2 heteroatoms. The second-order valence-electron chi connectivity index (χ2n) is 4.16. The van der Waals surface area contributed by atoms with Crippen LogP contribution in [-0.2, 0) is 19.5 Å². The summed E-state index contributed by atoms with van der Waals surface area (Å²) in [5.74, 6) is 0. The Morgan fingerprint density at radius 2 is 1.26 bits per heavy atom. The van der Waals surface area contributed by atoms with Crippen molar-refractivity contribution in [2.24, 2.45) is 0 Å². The van der Waals surface area contributed by atoms with Gasteiger partial charge in [-0.25, -0.2) is 0 Å². The maximum Gasteiger partial charge on any atom is 3.00 e. The maximum atomic E-state index is 4.38. The van der Waals surface area contributed by atoms with Crippen molar-refractivity contribution < 1.29 is 19.5 Å². The number of hydrogen-bond donors (Lipinski definition) is 0. The Morgan fingerprint density at radius 3 is 2.00 bits per heavy atom. The predicted molar refractivity (Wildman–Crippen MR) is 75.1 cm³/mol. The van der Waals surface area contributed by atoms with Gasteiger partial charge in [0.25, 0.3) is 0 Å².